The lowest BCUT2D eigenvalue weighted by molar-refractivity contribution is -0.0253. The van der Waals surface area contributed by atoms with Crippen LogP contribution in [0.2, 0.25) is 0 Å². The van der Waals surface area contributed by atoms with E-state index in [4.69, 9.17) is 9.47 Å². The van der Waals surface area contributed by atoms with Crippen molar-refractivity contribution in [2.45, 2.75) is 26.2 Å². The number of aromatic nitrogens is 1. The highest BCUT2D eigenvalue weighted by Gasteiger charge is 2.18. The van der Waals surface area contributed by atoms with Crippen LogP contribution < -0.4 is 10.1 Å². The zero-order valence-electron chi connectivity index (χ0n) is 14.1. The van der Waals surface area contributed by atoms with E-state index in [0.29, 0.717) is 6.61 Å². The van der Waals surface area contributed by atoms with Gasteiger partial charge in [-0.15, -0.1) is 11.3 Å². The molecule has 0 radical (unpaired) electrons. The molecule has 1 aromatic carbocycles. The van der Waals surface area contributed by atoms with E-state index in [0.717, 1.165) is 56.3 Å². The Kier molecular flexibility index (Phi) is 6.60. The molecule has 130 valence electrons. The van der Waals surface area contributed by atoms with Crippen LogP contribution in [-0.4, -0.2) is 48.8 Å². The Balaban J connectivity index is 1.48. The second kappa shape index (κ2) is 9.13. The quantitative estimate of drug-likeness (QED) is 0.795. The molecule has 1 aliphatic rings. The minimum atomic E-state index is 0.266. The minimum Gasteiger partial charge on any atom is -0.487 e. The van der Waals surface area contributed by atoms with E-state index >= 15 is 0 Å². The summed E-state index contributed by atoms with van der Waals surface area (Å²) in [5, 5.41) is 5.52. The number of hydrogen-bond acceptors (Lipinski definition) is 6. The van der Waals surface area contributed by atoms with Crippen molar-refractivity contribution in [3.05, 3.63) is 46.4 Å². The molecule has 1 aromatic heterocycles. The predicted molar refractivity (Wildman–Crippen MR) is 96.4 cm³/mol. The highest BCUT2D eigenvalue weighted by atomic mass is 32.1. The van der Waals surface area contributed by atoms with Gasteiger partial charge < -0.3 is 14.8 Å². The number of nitrogens with zero attached hydrogens (tertiary/aromatic N) is 2. The van der Waals surface area contributed by atoms with Crippen LogP contribution in [0.3, 0.4) is 0 Å². The molecule has 1 atom stereocenters. The lowest BCUT2D eigenvalue weighted by atomic mass is 10.2. The average molecular weight is 347 g/mol. The fraction of sp³-hybridized carbons (Fsp3) is 0.500. The zero-order chi connectivity index (χ0) is 16.6. The number of morpholine rings is 1. The number of para-hydroxylation sites is 1. The Hall–Kier alpha value is -1.47. The predicted octanol–water partition coefficient (Wildman–Crippen LogP) is 2.53. The van der Waals surface area contributed by atoms with Crippen LogP contribution in [0.1, 0.15) is 18.2 Å². The van der Waals surface area contributed by atoms with Crippen LogP contribution in [0.15, 0.2) is 35.2 Å². The maximum atomic E-state index is 5.92. The van der Waals surface area contributed by atoms with E-state index in [1.54, 1.807) is 11.3 Å². The van der Waals surface area contributed by atoms with Gasteiger partial charge in [-0.25, -0.2) is 4.98 Å². The van der Waals surface area contributed by atoms with Crippen molar-refractivity contribution >= 4 is 11.3 Å². The number of hydrogen-bond donors (Lipinski definition) is 1. The summed E-state index contributed by atoms with van der Waals surface area (Å²) in [7, 11) is 0. The molecule has 1 fully saturated rings. The fourth-order valence-corrected chi connectivity index (χ4v) is 3.35. The van der Waals surface area contributed by atoms with Crippen LogP contribution in [0.4, 0.5) is 0 Å². The van der Waals surface area contributed by atoms with Crippen LogP contribution >= 0.6 is 11.3 Å². The van der Waals surface area contributed by atoms with Gasteiger partial charge in [0.25, 0.3) is 0 Å². The van der Waals surface area contributed by atoms with Gasteiger partial charge >= 0.3 is 0 Å². The summed E-state index contributed by atoms with van der Waals surface area (Å²) in [6, 6.07) is 8.16. The van der Waals surface area contributed by atoms with Gasteiger partial charge in [-0.05, 0) is 12.6 Å². The third-order valence-electron chi connectivity index (χ3n) is 4.19. The Bertz CT molecular complexity index is 606. The molecule has 0 aliphatic carbocycles. The molecule has 0 unspecified atom stereocenters. The summed E-state index contributed by atoms with van der Waals surface area (Å²) < 4.78 is 11.8. The largest absolute Gasteiger partial charge is 0.487 e. The topological polar surface area (TPSA) is 46.6 Å². The molecule has 0 amide bonds. The van der Waals surface area contributed by atoms with Crippen molar-refractivity contribution in [3.8, 4) is 5.75 Å². The first kappa shape index (κ1) is 17.4. The van der Waals surface area contributed by atoms with Crippen molar-refractivity contribution in [2.75, 3.05) is 32.8 Å². The smallest absolute Gasteiger partial charge is 0.131 e. The Labute approximate surface area is 147 Å². The highest BCUT2D eigenvalue weighted by molar-refractivity contribution is 7.07. The first-order valence-corrected chi connectivity index (χ1v) is 9.42. The standard InChI is InChI=1S/C18H25N3O2S/c1-2-21-7-8-22-17(11-21)10-19-9-15-5-3-4-6-18(15)23-12-16-13-24-14-20-16/h3-6,13-14,17,19H,2,7-12H2,1H3/t17-/m1/s1. The molecule has 6 heteroatoms. The Morgan fingerprint density at radius 2 is 2.33 bits per heavy atom. The molecule has 1 saturated heterocycles. The number of thiazole rings is 1. The van der Waals surface area contributed by atoms with Crippen LogP contribution in [0.25, 0.3) is 0 Å². The Morgan fingerprint density at radius 3 is 3.17 bits per heavy atom. The van der Waals surface area contributed by atoms with Crippen LogP contribution in [-0.2, 0) is 17.9 Å². The molecule has 5 nitrogen and oxygen atoms in total. The van der Waals surface area contributed by atoms with Crippen molar-refractivity contribution in [2.24, 2.45) is 0 Å². The molecule has 3 rings (SSSR count). The number of nitrogens with one attached hydrogen (secondary N) is 1. The number of benzene rings is 1. The maximum absolute atomic E-state index is 5.92. The molecule has 0 bridgehead atoms. The molecule has 0 spiro atoms. The van der Waals surface area contributed by atoms with E-state index in [1.165, 1.54) is 0 Å². The molecule has 2 aromatic rings. The maximum Gasteiger partial charge on any atom is 0.131 e. The summed E-state index contributed by atoms with van der Waals surface area (Å²) in [4.78, 5) is 6.69. The van der Waals surface area contributed by atoms with E-state index in [9.17, 15) is 0 Å². The average Bonchev–Trinajstić information content (AvgIpc) is 3.15. The first-order valence-electron chi connectivity index (χ1n) is 8.47. The summed E-state index contributed by atoms with van der Waals surface area (Å²) in [6.07, 6.45) is 0.266. The molecule has 1 N–H and O–H groups in total. The summed E-state index contributed by atoms with van der Waals surface area (Å²) in [6.45, 7) is 8.31. The number of ether oxygens (including phenoxy) is 2. The lowest BCUT2D eigenvalue weighted by Crippen LogP contribution is -2.46. The fourth-order valence-electron chi connectivity index (χ4n) is 2.81. The van der Waals surface area contributed by atoms with E-state index in [2.05, 4.69) is 28.2 Å². The van der Waals surface area contributed by atoms with Gasteiger partial charge in [0.2, 0.25) is 0 Å². The van der Waals surface area contributed by atoms with Gasteiger partial charge in [0.05, 0.1) is 23.9 Å². The summed E-state index contributed by atoms with van der Waals surface area (Å²) in [5.74, 6) is 0.915. The SMILES string of the molecule is CCN1CCO[C@H](CNCc2ccccc2OCc2cscn2)C1. The first-order chi connectivity index (χ1) is 11.8. The molecule has 24 heavy (non-hydrogen) atoms. The Morgan fingerprint density at radius 1 is 1.42 bits per heavy atom. The number of likely N-dealkylation sites (N-methyl/N-ethyl adjacent to an activating group) is 1. The van der Waals surface area contributed by atoms with E-state index < -0.39 is 0 Å². The lowest BCUT2D eigenvalue weighted by Gasteiger charge is -2.32. The highest BCUT2D eigenvalue weighted by Crippen LogP contribution is 2.19. The second-order valence-electron chi connectivity index (χ2n) is 5.89. The van der Waals surface area contributed by atoms with Gasteiger partial charge in [-0.3, -0.25) is 4.90 Å². The van der Waals surface area contributed by atoms with Crippen molar-refractivity contribution < 1.29 is 9.47 Å². The number of rotatable bonds is 8. The minimum absolute atomic E-state index is 0.266. The molecular weight excluding hydrogens is 322 g/mol. The van der Waals surface area contributed by atoms with Gasteiger partial charge in [0.1, 0.15) is 12.4 Å². The van der Waals surface area contributed by atoms with Gasteiger partial charge in [-0.2, -0.15) is 0 Å². The van der Waals surface area contributed by atoms with Gasteiger partial charge in [-0.1, -0.05) is 25.1 Å². The normalized spacial score (nSPS) is 18.6. The molecule has 1 aliphatic heterocycles. The monoisotopic (exact) mass is 347 g/mol. The van der Waals surface area contributed by atoms with Crippen molar-refractivity contribution in [1.29, 1.82) is 0 Å². The van der Waals surface area contributed by atoms with E-state index in [-0.39, 0.29) is 6.10 Å². The third kappa shape index (κ3) is 5.01. The molecular formula is C18H25N3O2S. The summed E-state index contributed by atoms with van der Waals surface area (Å²) >= 11 is 1.59. The van der Waals surface area contributed by atoms with Crippen molar-refractivity contribution in [3.63, 3.8) is 0 Å². The van der Waals surface area contributed by atoms with Gasteiger partial charge in [0.15, 0.2) is 0 Å². The molecule has 0 saturated carbocycles. The third-order valence-corrected chi connectivity index (χ3v) is 4.82. The molecule has 2 heterocycles. The summed E-state index contributed by atoms with van der Waals surface area (Å²) in [5.41, 5.74) is 3.96. The van der Waals surface area contributed by atoms with Crippen LogP contribution in [0, 0.1) is 0 Å². The van der Waals surface area contributed by atoms with Gasteiger partial charge in [0, 0.05) is 37.1 Å². The second-order valence-corrected chi connectivity index (χ2v) is 6.61. The van der Waals surface area contributed by atoms with Crippen molar-refractivity contribution in [1.82, 2.24) is 15.2 Å². The zero-order valence-corrected chi connectivity index (χ0v) is 14.9. The van der Waals surface area contributed by atoms with Crippen LogP contribution in [0.5, 0.6) is 5.75 Å². The van der Waals surface area contributed by atoms with E-state index in [1.807, 2.05) is 29.1 Å².